The number of carbonyl (C=O) groups excluding carboxylic acids is 1. The Hall–Kier alpha value is -2.09. The number of ether oxygens (including phenoxy) is 1. The molecule has 3 rings (SSSR count). The average molecular weight is 365 g/mol. The zero-order valence-electron chi connectivity index (χ0n) is 14.0. The van der Waals surface area contributed by atoms with Crippen molar-refractivity contribution in [2.24, 2.45) is 7.05 Å². The minimum Gasteiger partial charge on any atom is -0.384 e. The molecule has 1 aromatic heterocycles. The normalized spacial score (nSPS) is 15.4. The molecule has 0 atom stereocenters. The summed E-state index contributed by atoms with van der Waals surface area (Å²) in [5.74, 6) is -0.322. The number of benzene rings is 1. The smallest absolute Gasteiger partial charge is 0.259 e. The molecule has 3 N–H and O–H groups in total. The molecule has 1 aliphatic heterocycles. The van der Waals surface area contributed by atoms with E-state index in [0.717, 1.165) is 13.1 Å². The first kappa shape index (κ1) is 17.7. The number of nitrogens with two attached hydrogens (primary N) is 1. The molecule has 25 heavy (non-hydrogen) atoms. The molecule has 1 amide bonds. The van der Waals surface area contributed by atoms with E-state index in [1.54, 1.807) is 29.8 Å². The van der Waals surface area contributed by atoms with Crippen LogP contribution in [0.25, 0.3) is 10.9 Å². The molecule has 0 aliphatic carbocycles. The highest BCUT2D eigenvalue weighted by Crippen LogP contribution is 2.20. The zero-order valence-corrected chi connectivity index (χ0v) is 14.8. The van der Waals surface area contributed by atoms with Crippen LogP contribution >= 0.6 is 11.6 Å². The van der Waals surface area contributed by atoms with Crippen LogP contribution in [0.15, 0.2) is 23.0 Å². The second kappa shape index (κ2) is 7.43. The molecule has 0 unspecified atom stereocenters. The number of fused-ring (bicyclic) bond motifs is 1. The number of pyridine rings is 1. The Bertz CT molecular complexity index is 859. The minimum absolute atomic E-state index is 0.0424. The molecule has 134 valence electrons. The SMILES string of the molecule is Cn1c(N)c(C(=O)NCCN2CCOCC2)c(=O)c2cc(Cl)ccc21. The number of morpholine rings is 1. The third-order valence-electron chi connectivity index (χ3n) is 4.45. The first-order chi connectivity index (χ1) is 12.0. The molecule has 1 aromatic carbocycles. The summed E-state index contributed by atoms with van der Waals surface area (Å²) in [5, 5.41) is 3.60. The van der Waals surface area contributed by atoms with Crippen LogP contribution in [-0.2, 0) is 11.8 Å². The van der Waals surface area contributed by atoms with E-state index in [0.29, 0.717) is 42.2 Å². The van der Waals surface area contributed by atoms with Gasteiger partial charge in [0.1, 0.15) is 11.4 Å². The summed E-state index contributed by atoms with van der Waals surface area (Å²) >= 11 is 5.99. The van der Waals surface area contributed by atoms with E-state index in [-0.39, 0.29) is 11.4 Å². The first-order valence-corrected chi connectivity index (χ1v) is 8.53. The summed E-state index contributed by atoms with van der Waals surface area (Å²) < 4.78 is 6.92. The molecule has 0 saturated carbocycles. The van der Waals surface area contributed by atoms with Gasteiger partial charge < -0.3 is 20.4 Å². The number of nitrogens with one attached hydrogen (secondary N) is 1. The fraction of sp³-hybridized carbons (Fsp3) is 0.412. The zero-order chi connectivity index (χ0) is 18.0. The van der Waals surface area contributed by atoms with Gasteiger partial charge in [-0.15, -0.1) is 0 Å². The Kier molecular flexibility index (Phi) is 5.27. The van der Waals surface area contributed by atoms with Gasteiger partial charge in [0, 0.05) is 43.6 Å². The number of anilines is 1. The van der Waals surface area contributed by atoms with Crippen LogP contribution in [0.5, 0.6) is 0 Å². The van der Waals surface area contributed by atoms with Gasteiger partial charge in [0.15, 0.2) is 0 Å². The maximum atomic E-state index is 12.7. The van der Waals surface area contributed by atoms with E-state index in [2.05, 4.69) is 10.2 Å². The highest BCUT2D eigenvalue weighted by atomic mass is 35.5. The van der Waals surface area contributed by atoms with E-state index in [9.17, 15) is 9.59 Å². The lowest BCUT2D eigenvalue weighted by molar-refractivity contribution is 0.0383. The second-order valence-electron chi connectivity index (χ2n) is 6.02. The lowest BCUT2D eigenvalue weighted by atomic mass is 10.1. The number of aromatic nitrogens is 1. The second-order valence-corrected chi connectivity index (χ2v) is 6.46. The van der Waals surface area contributed by atoms with Crippen LogP contribution in [0.3, 0.4) is 0 Å². The third-order valence-corrected chi connectivity index (χ3v) is 4.69. The minimum atomic E-state index is -0.465. The molecule has 1 aliphatic rings. The largest absolute Gasteiger partial charge is 0.384 e. The van der Waals surface area contributed by atoms with Crippen molar-refractivity contribution in [1.29, 1.82) is 0 Å². The van der Waals surface area contributed by atoms with Gasteiger partial charge in [0.2, 0.25) is 5.43 Å². The summed E-state index contributed by atoms with van der Waals surface area (Å²) in [7, 11) is 1.72. The molecule has 0 radical (unpaired) electrons. The van der Waals surface area contributed by atoms with Gasteiger partial charge in [-0.2, -0.15) is 0 Å². The van der Waals surface area contributed by atoms with Crippen LogP contribution in [-0.4, -0.2) is 54.8 Å². The standard InChI is InChI=1S/C17H21ClN4O3/c1-21-13-3-2-11(18)10-12(13)15(23)14(16(21)19)17(24)20-4-5-22-6-8-25-9-7-22/h2-3,10H,4-9,19H2,1H3,(H,20,24). The third kappa shape index (κ3) is 3.63. The van der Waals surface area contributed by atoms with Crippen molar-refractivity contribution in [2.75, 3.05) is 45.1 Å². The number of hydrogen-bond donors (Lipinski definition) is 2. The van der Waals surface area contributed by atoms with E-state index in [1.165, 1.54) is 0 Å². The van der Waals surface area contributed by atoms with E-state index in [1.807, 2.05) is 0 Å². The molecule has 1 saturated heterocycles. The molecule has 1 fully saturated rings. The van der Waals surface area contributed by atoms with Crippen LogP contribution in [0.4, 0.5) is 5.82 Å². The van der Waals surface area contributed by atoms with Crippen molar-refractivity contribution < 1.29 is 9.53 Å². The number of amides is 1. The van der Waals surface area contributed by atoms with Crippen molar-refractivity contribution >= 4 is 34.2 Å². The molecule has 2 heterocycles. The van der Waals surface area contributed by atoms with E-state index < -0.39 is 11.3 Å². The van der Waals surface area contributed by atoms with Crippen molar-refractivity contribution in [3.05, 3.63) is 39.0 Å². The number of nitrogens with zero attached hydrogens (tertiary/aromatic N) is 2. The molecular weight excluding hydrogens is 344 g/mol. The van der Waals surface area contributed by atoms with Crippen molar-refractivity contribution in [3.63, 3.8) is 0 Å². The number of rotatable bonds is 4. The molecule has 2 aromatic rings. The molecule has 8 heteroatoms. The lowest BCUT2D eigenvalue weighted by Crippen LogP contribution is -2.42. The lowest BCUT2D eigenvalue weighted by Gasteiger charge is -2.26. The van der Waals surface area contributed by atoms with Crippen molar-refractivity contribution in [2.45, 2.75) is 0 Å². The number of hydrogen-bond acceptors (Lipinski definition) is 5. The average Bonchev–Trinajstić information content (AvgIpc) is 2.61. The van der Waals surface area contributed by atoms with Gasteiger partial charge in [-0.25, -0.2) is 0 Å². The van der Waals surface area contributed by atoms with Crippen LogP contribution in [0, 0.1) is 0 Å². The van der Waals surface area contributed by atoms with E-state index >= 15 is 0 Å². The molecular formula is C17H21ClN4O3. The summed E-state index contributed by atoms with van der Waals surface area (Å²) in [6.45, 7) is 4.23. The summed E-state index contributed by atoms with van der Waals surface area (Å²) in [5.41, 5.74) is 6.23. The van der Waals surface area contributed by atoms with Crippen molar-refractivity contribution in [3.8, 4) is 0 Å². The first-order valence-electron chi connectivity index (χ1n) is 8.15. The number of aryl methyl sites for hydroxylation is 1. The van der Waals surface area contributed by atoms with Gasteiger partial charge in [0.05, 0.1) is 18.7 Å². The Morgan fingerprint density at radius 1 is 1.36 bits per heavy atom. The quantitative estimate of drug-likeness (QED) is 0.839. The molecule has 7 nitrogen and oxygen atoms in total. The predicted octanol–water partition coefficient (Wildman–Crippen LogP) is 0.836. The van der Waals surface area contributed by atoms with Crippen molar-refractivity contribution in [1.82, 2.24) is 14.8 Å². The summed E-state index contributed by atoms with van der Waals surface area (Å²) in [6.07, 6.45) is 0. The Balaban J connectivity index is 1.82. The number of halogens is 1. The molecule has 0 spiro atoms. The van der Waals surface area contributed by atoms with Gasteiger partial charge >= 0.3 is 0 Å². The van der Waals surface area contributed by atoms with E-state index in [4.69, 9.17) is 22.1 Å². The Morgan fingerprint density at radius 2 is 2.08 bits per heavy atom. The highest BCUT2D eigenvalue weighted by molar-refractivity contribution is 6.31. The number of carbonyl (C=O) groups is 1. The van der Waals surface area contributed by atoms with Crippen LogP contribution < -0.4 is 16.5 Å². The highest BCUT2D eigenvalue weighted by Gasteiger charge is 2.20. The van der Waals surface area contributed by atoms with Gasteiger partial charge in [-0.3, -0.25) is 14.5 Å². The number of nitrogen functional groups attached to an aromatic ring is 1. The maximum Gasteiger partial charge on any atom is 0.259 e. The van der Waals surface area contributed by atoms with Crippen LogP contribution in [0.1, 0.15) is 10.4 Å². The van der Waals surface area contributed by atoms with Gasteiger partial charge in [-0.05, 0) is 18.2 Å². The fourth-order valence-electron chi connectivity index (χ4n) is 2.99. The molecule has 0 bridgehead atoms. The van der Waals surface area contributed by atoms with Gasteiger partial charge in [0.25, 0.3) is 5.91 Å². The Morgan fingerprint density at radius 3 is 2.80 bits per heavy atom. The Labute approximate surface area is 150 Å². The topological polar surface area (TPSA) is 89.6 Å². The fourth-order valence-corrected chi connectivity index (χ4v) is 3.16. The predicted molar refractivity (Wildman–Crippen MR) is 98.2 cm³/mol. The van der Waals surface area contributed by atoms with Crippen LogP contribution in [0.2, 0.25) is 5.02 Å². The maximum absolute atomic E-state index is 12.7. The summed E-state index contributed by atoms with van der Waals surface area (Å²) in [6, 6.07) is 4.96. The van der Waals surface area contributed by atoms with Gasteiger partial charge in [-0.1, -0.05) is 11.6 Å². The monoisotopic (exact) mass is 364 g/mol. The summed E-state index contributed by atoms with van der Waals surface area (Å²) in [4.78, 5) is 27.4.